The van der Waals surface area contributed by atoms with Gasteiger partial charge in [0, 0.05) is 31.5 Å². The number of pyridine rings is 1. The van der Waals surface area contributed by atoms with Crippen LogP contribution in [0, 0.1) is 0 Å². The molecule has 3 aromatic rings. The number of nitrogens with one attached hydrogen (secondary N) is 1. The van der Waals surface area contributed by atoms with Crippen molar-refractivity contribution in [2.75, 3.05) is 36.5 Å². The van der Waals surface area contributed by atoms with E-state index < -0.39 is 23.6 Å². The lowest BCUT2D eigenvalue weighted by Crippen LogP contribution is -2.35. The third-order valence-electron chi connectivity index (χ3n) is 6.24. The van der Waals surface area contributed by atoms with Crippen LogP contribution in [0.2, 0.25) is 0 Å². The fourth-order valence-electron chi connectivity index (χ4n) is 4.38. The molecule has 0 aliphatic carbocycles. The van der Waals surface area contributed by atoms with Crippen molar-refractivity contribution in [2.45, 2.75) is 19.3 Å². The molecule has 10 heteroatoms. The van der Waals surface area contributed by atoms with E-state index in [2.05, 4.69) is 15.2 Å². The molecule has 0 atom stereocenters. The number of morpholine rings is 1. The van der Waals surface area contributed by atoms with E-state index in [0.717, 1.165) is 30.8 Å². The van der Waals surface area contributed by atoms with E-state index in [4.69, 9.17) is 4.74 Å². The van der Waals surface area contributed by atoms with Crippen LogP contribution in [0.3, 0.4) is 0 Å². The van der Waals surface area contributed by atoms with Gasteiger partial charge in [-0.2, -0.15) is 13.2 Å². The quantitative estimate of drug-likeness (QED) is 0.569. The molecule has 0 saturated carbocycles. The lowest BCUT2D eigenvalue weighted by molar-refractivity contribution is -0.137. The van der Waals surface area contributed by atoms with E-state index in [1.165, 1.54) is 17.0 Å². The minimum Gasteiger partial charge on any atom is -0.379 e. The first-order valence-electron chi connectivity index (χ1n) is 11.5. The second kappa shape index (κ2) is 9.71. The Hall–Kier alpha value is -3.76. The number of carbonyl (C=O) groups excluding carboxylic acids is 2. The molecule has 1 aromatic heterocycles. The molecule has 1 N–H and O–H groups in total. The second-order valence-corrected chi connectivity index (χ2v) is 8.67. The fourth-order valence-corrected chi connectivity index (χ4v) is 4.38. The number of fused-ring (bicyclic) bond motifs is 1. The highest BCUT2D eigenvalue weighted by molar-refractivity contribution is 6.16. The van der Waals surface area contributed by atoms with Crippen molar-refractivity contribution in [1.82, 2.24) is 9.88 Å². The number of benzene rings is 2. The van der Waals surface area contributed by atoms with Crippen LogP contribution in [-0.4, -0.2) is 48.0 Å². The Labute approximate surface area is 205 Å². The number of alkyl halides is 3. The Morgan fingerprint density at radius 2 is 1.83 bits per heavy atom. The summed E-state index contributed by atoms with van der Waals surface area (Å²) in [5.41, 5.74) is 1.63. The lowest BCUT2D eigenvalue weighted by Gasteiger charge is -2.26. The van der Waals surface area contributed by atoms with Crippen molar-refractivity contribution in [3.8, 4) is 0 Å². The highest BCUT2D eigenvalue weighted by atomic mass is 19.4. The molecule has 0 bridgehead atoms. The van der Waals surface area contributed by atoms with E-state index in [9.17, 15) is 22.8 Å². The molecule has 36 heavy (non-hydrogen) atoms. The van der Waals surface area contributed by atoms with Gasteiger partial charge in [-0.05, 0) is 41.5 Å². The van der Waals surface area contributed by atoms with Gasteiger partial charge in [0.25, 0.3) is 11.8 Å². The molecule has 2 aromatic carbocycles. The Bertz CT molecular complexity index is 1290. The molecule has 1 fully saturated rings. The predicted octanol–water partition coefficient (Wildman–Crippen LogP) is 4.35. The number of hydrogen-bond acceptors (Lipinski definition) is 5. The number of amides is 2. The van der Waals surface area contributed by atoms with Crippen LogP contribution in [0.1, 0.15) is 37.5 Å². The van der Waals surface area contributed by atoms with Crippen LogP contribution in [0.15, 0.2) is 60.8 Å². The van der Waals surface area contributed by atoms with Crippen molar-refractivity contribution in [3.63, 3.8) is 0 Å². The van der Waals surface area contributed by atoms with Crippen LogP contribution in [0.25, 0.3) is 0 Å². The number of nitrogens with zero attached hydrogens (tertiary/aromatic N) is 3. The summed E-state index contributed by atoms with van der Waals surface area (Å²) in [5.74, 6) is -0.958. The normalized spacial score (nSPS) is 16.2. The van der Waals surface area contributed by atoms with Crippen molar-refractivity contribution < 1.29 is 27.5 Å². The summed E-state index contributed by atoms with van der Waals surface area (Å²) in [7, 11) is 0. The van der Waals surface area contributed by atoms with E-state index >= 15 is 0 Å². The van der Waals surface area contributed by atoms with Crippen LogP contribution in [-0.2, 0) is 24.0 Å². The Balaban J connectivity index is 1.31. The van der Waals surface area contributed by atoms with E-state index in [1.54, 1.807) is 30.5 Å². The number of ether oxygens (including phenoxy) is 1. The smallest absolute Gasteiger partial charge is 0.379 e. The number of anilines is 2. The molecule has 0 spiro atoms. The summed E-state index contributed by atoms with van der Waals surface area (Å²) in [6.07, 6.45) is -2.87. The zero-order valence-corrected chi connectivity index (χ0v) is 19.2. The monoisotopic (exact) mass is 496 g/mol. The molecular formula is C26H23F3N4O3. The molecule has 1 saturated heterocycles. The van der Waals surface area contributed by atoms with Crippen LogP contribution in [0.4, 0.5) is 24.5 Å². The minimum atomic E-state index is -4.52. The average Bonchev–Trinajstić information content (AvgIpc) is 3.22. The molecule has 0 radical (unpaired) electrons. The highest BCUT2D eigenvalue weighted by Gasteiger charge is 2.34. The predicted molar refractivity (Wildman–Crippen MR) is 127 cm³/mol. The Morgan fingerprint density at radius 1 is 1.06 bits per heavy atom. The molecule has 0 unspecified atom stereocenters. The standard InChI is InChI=1S/C26H23F3N4O3/c27-26(28,29)19-4-2-5-20(13-19)33-16-18-3-1-6-21(23(18)25(33)35)31-24(34)22-8-7-17(14-30-22)15-32-9-11-36-12-10-32/h1-8,13-14H,9-12,15-16H2,(H,31,34). The van der Waals surface area contributed by atoms with Crippen molar-refractivity contribution in [1.29, 1.82) is 0 Å². The highest BCUT2D eigenvalue weighted by Crippen LogP contribution is 2.36. The summed E-state index contributed by atoms with van der Waals surface area (Å²) >= 11 is 0. The number of rotatable bonds is 5. The number of carbonyl (C=O) groups is 2. The summed E-state index contributed by atoms with van der Waals surface area (Å²) in [4.78, 5) is 33.9. The maximum absolute atomic E-state index is 13.2. The van der Waals surface area contributed by atoms with Gasteiger partial charge < -0.3 is 15.0 Å². The number of halogens is 3. The van der Waals surface area contributed by atoms with Crippen molar-refractivity contribution >= 4 is 23.2 Å². The van der Waals surface area contributed by atoms with E-state index in [-0.39, 0.29) is 29.2 Å². The number of hydrogen-bond donors (Lipinski definition) is 1. The van der Waals surface area contributed by atoms with Crippen molar-refractivity contribution in [3.05, 3.63) is 88.7 Å². The Morgan fingerprint density at radius 3 is 2.56 bits per heavy atom. The van der Waals surface area contributed by atoms with Gasteiger partial charge in [0.1, 0.15) is 5.69 Å². The zero-order valence-electron chi connectivity index (χ0n) is 19.2. The Kier molecular flexibility index (Phi) is 6.46. The maximum atomic E-state index is 13.2. The minimum absolute atomic E-state index is 0.105. The number of aromatic nitrogens is 1. The van der Waals surface area contributed by atoms with Crippen LogP contribution < -0.4 is 10.2 Å². The SMILES string of the molecule is O=C(Nc1cccc2c1C(=O)N(c1cccc(C(F)(F)F)c1)C2)c1ccc(CN2CCOCC2)cn1. The van der Waals surface area contributed by atoms with E-state index in [1.807, 2.05) is 6.07 Å². The second-order valence-electron chi connectivity index (χ2n) is 8.67. The van der Waals surface area contributed by atoms with Gasteiger partial charge in [-0.1, -0.05) is 24.3 Å². The summed E-state index contributed by atoms with van der Waals surface area (Å²) in [5, 5.41) is 2.74. The first kappa shape index (κ1) is 24.0. The van der Waals surface area contributed by atoms with Crippen molar-refractivity contribution in [2.24, 2.45) is 0 Å². The van der Waals surface area contributed by atoms with Gasteiger partial charge in [-0.3, -0.25) is 19.5 Å². The van der Waals surface area contributed by atoms with Gasteiger partial charge in [0.2, 0.25) is 0 Å². The van der Waals surface area contributed by atoms with E-state index in [0.29, 0.717) is 25.3 Å². The van der Waals surface area contributed by atoms with Gasteiger partial charge in [-0.25, -0.2) is 0 Å². The third kappa shape index (κ3) is 4.95. The molecule has 3 heterocycles. The topological polar surface area (TPSA) is 74.8 Å². The lowest BCUT2D eigenvalue weighted by atomic mass is 10.1. The van der Waals surface area contributed by atoms with Gasteiger partial charge in [0.15, 0.2) is 0 Å². The fraction of sp³-hybridized carbons (Fsp3) is 0.269. The third-order valence-corrected chi connectivity index (χ3v) is 6.24. The molecule has 2 amide bonds. The van der Waals surface area contributed by atoms with Gasteiger partial charge >= 0.3 is 6.18 Å². The molecule has 5 rings (SSSR count). The average molecular weight is 496 g/mol. The maximum Gasteiger partial charge on any atom is 0.416 e. The summed E-state index contributed by atoms with van der Waals surface area (Å²) in [6.45, 7) is 3.89. The first-order valence-corrected chi connectivity index (χ1v) is 11.5. The molecule has 2 aliphatic rings. The molecule has 2 aliphatic heterocycles. The molecule has 7 nitrogen and oxygen atoms in total. The van der Waals surface area contributed by atoms with Crippen LogP contribution >= 0.6 is 0 Å². The van der Waals surface area contributed by atoms with Crippen LogP contribution in [0.5, 0.6) is 0 Å². The van der Waals surface area contributed by atoms with Gasteiger partial charge in [0.05, 0.1) is 36.6 Å². The molecular weight excluding hydrogens is 473 g/mol. The van der Waals surface area contributed by atoms with Gasteiger partial charge in [-0.15, -0.1) is 0 Å². The molecule has 186 valence electrons. The first-order chi connectivity index (χ1) is 17.3. The summed E-state index contributed by atoms with van der Waals surface area (Å²) in [6, 6.07) is 13.1. The summed E-state index contributed by atoms with van der Waals surface area (Å²) < 4.78 is 44.8. The largest absolute Gasteiger partial charge is 0.416 e. The zero-order chi connectivity index (χ0) is 25.3.